The van der Waals surface area contributed by atoms with Crippen molar-refractivity contribution >= 4 is 10.8 Å². The Labute approximate surface area is 89.4 Å². The third kappa shape index (κ3) is 1.75. The van der Waals surface area contributed by atoms with E-state index in [-0.39, 0.29) is 0 Å². The quantitative estimate of drug-likeness (QED) is 0.760. The molecule has 0 aliphatic rings. The molecule has 0 amide bonds. The Balaban J connectivity index is 2.65. The molecule has 0 aliphatic carbocycles. The highest BCUT2D eigenvalue weighted by atomic mass is 16.5. The minimum atomic E-state index is 0.677. The van der Waals surface area contributed by atoms with E-state index in [1.54, 1.807) is 7.11 Å². The van der Waals surface area contributed by atoms with Gasteiger partial charge in [0.1, 0.15) is 11.5 Å². The summed E-state index contributed by atoms with van der Waals surface area (Å²) in [6, 6.07) is 12.0. The maximum absolute atomic E-state index is 5.56. The number of ether oxygens (including phenoxy) is 2. The van der Waals surface area contributed by atoms with Crippen LogP contribution in [0.4, 0.5) is 0 Å². The second-order valence-electron chi connectivity index (χ2n) is 3.24. The van der Waals surface area contributed by atoms with Crippen LogP contribution < -0.4 is 9.47 Å². The molecule has 0 spiro atoms. The maximum atomic E-state index is 5.56. The number of methoxy groups -OCH3 is 1. The first-order valence-corrected chi connectivity index (χ1v) is 5.05. The van der Waals surface area contributed by atoms with Gasteiger partial charge in [0.15, 0.2) is 0 Å². The van der Waals surface area contributed by atoms with Gasteiger partial charge in [-0.2, -0.15) is 0 Å². The third-order valence-electron chi connectivity index (χ3n) is 2.36. The fourth-order valence-corrected chi connectivity index (χ4v) is 1.71. The van der Waals surface area contributed by atoms with Crippen LogP contribution in [0.2, 0.25) is 0 Å². The van der Waals surface area contributed by atoms with Gasteiger partial charge < -0.3 is 9.47 Å². The van der Waals surface area contributed by atoms with Crippen molar-refractivity contribution in [3.63, 3.8) is 0 Å². The Morgan fingerprint density at radius 1 is 0.933 bits per heavy atom. The van der Waals surface area contributed by atoms with Gasteiger partial charge in [-0.25, -0.2) is 0 Å². The number of hydrogen-bond acceptors (Lipinski definition) is 2. The summed E-state index contributed by atoms with van der Waals surface area (Å²) >= 11 is 0. The average Bonchev–Trinajstić information content (AvgIpc) is 2.29. The number of fused-ring (bicyclic) bond motifs is 1. The van der Waals surface area contributed by atoms with E-state index in [1.807, 2.05) is 43.3 Å². The summed E-state index contributed by atoms with van der Waals surface area (Å²) in [7, 11) is 1.68. The summed E-state index contributed by atoms with van der Waals surface area (Å²) in [4.78, 5) is 0. The standard InChI is InChI=1S/C13H14O2/c1-3-15-13-9-5-6-10-11(13)7-4-8-12(10)14-2/h4-9H,3H2,1-2H3. The van der Waals surface area contributed by atoms with Crippen LogP contribution in [0.15, 0.2) is 36.4 Å². The molecule has 0 atom stereocenters. The highest BCUT2D eigenvalue weighted by molar-refractivity contribution is 5.93. The molecule has 0 radical (unpaired) electrons. The second kappa shape index (κ2) is 4.22. The summed E-state index contributed by atoms with van der Waals surface area (Å²) in [6.07, 6.45) is 0. The lowest BCUT2D eigenvalue weighted by atomic mass is 10.1. The van der Waals surface area contributed by atoms with E-state index in [1.165, 1.54) is 0 Å². The third-order valence-corrected chi connectivity index (χ3v) is 2.36. The minimum Gasteiger partial charge on any atom is -0.496 e. The van der Waals surface area contributed by atoms with E-state index in [2.05, 4.69) is 0 Å². The molecule has 0 aromatic heterocycles. The Morgan fingerprint density at radius 2 is 1.53 bits per heavy atom. The SMILES string of the molecule is CCOc1cccc2c(OC)cccc12. The summed E-state index contributed by atoms with van der Waals surface area (Å²) in [5.74, 6) is 1.79. The number of hydrogen-bond donors (Lipinski definition) is 0. The normalized spacial score (nSPS) is 10.3. The molecule has 78 valence electrons. The molecule has 0 bridgehead atoms. The molecule has 2 rings (SSSR count). The summed E-state index contributed by atoms with van der Waals surface area (Å²) in [5, 5.41) is 2.18. The van der Waals surface area contributed by atoms with Crippen molar-refractivity contribution < 1.29 is 9.47 Å². The Hall–Kier alpha value is -1.70. The molecule has 0 saturated heterocycles. The van der Waals surface area contributed by atoms with Gasteiger partial charge in [-0.05, 0) is 19.1 Å². The lowest BCUT2D eigenvalue weighted by Gasteiger charge is -2.09. The molecule has 2 heteroatoms. The Morgan fingerprint density at radius 3 is 2.13 bits per heavy atom. The van der Waals surface area contributed by atoms with Crippen molar-refractivity contribution in [3.8, 4) is 11.5 Å². The van der Waals surface area contributed by atoms with E-state index in [0.717, 1.165) is 22.3 Å². The largest absolute Gasteiger partial charge is 0.496 e. The predicted molar refractivity (Wildman–Crippen MR) is 61.7 cm³/mol. The molecular formula is C13H14O2. The van der Waals surface area contributed by atoms with Crippen molar-refractivity contribution in [2.24, 2.45) is 0 Å². The molecule has 2 nitrogen and oxygen atoms in total. The topological polar surface area (TPSA) is 18.5 Å². The summed E-state index contributed by atoms with van der Waals surface area (Å²) in [5.41, 5.74) is 0. The molecule has 15 heavy (non-hydrogen) atoms. The number of benzene rings is 2. The van der Waals surface area contributed by atoms with Crippen molar-refractivity contribution in [2.45, 2.75) is 6.92 Å². The van der Waals surface area contributed by atoms with Gasteiger partial charge in [0, 0.05) is 10.8 Å². The zero-order valence-corrected chi connectivity index (χ0v) is 8.99. The van der Waals surface area contributed by atoms with Gasteiger partial charge >= 0.3 is 0 Å². The van der Waals surface area contributed by atoms with Crippen LogP contribution in [-0.2, 0) is 0 Å². The van der Waals surface area contributed by atoms with E-state index >= 15 is 0 Å². The average molecular weight is 202 g/mol. The van der Waals surface area contributed by atoms with Crippen LogP contribution in [0.3, 0.4) is 0 Å². The lowest BCUT2D eigenvalue weighted by Crippen LogP contribution is -1.93. The van der Waals surface area contributed by atoms with Crippen molar-refractivity contribution in [3.05, 3.63) is 36.4 Å². The smallest absolute Gasteiger partial charge is 0.127 e. The van der Waals surface area contributed by atoms with Crippen LogP contribution >= 0.6 is 0 Å². The van der Waals surface area contributed by atoms with E-state index in [0.29, 0.717) is 6.61 Å². The van der Waals surface area contributed by atoms with Crippen molar-refractivity contribution in [1.82, 2.24) is 0 Å². The highest BCUT2D eigenvalue weighted by Gasteiger charge is 2.04. The number of rotatable bonds is 3. The van der Waals surface area contributed by atoms with E-state index in [4.69, 9.17) is 9.47 Å². The molecule has 0 heterocycles. The molecule has 0 N–H and O–H groups in total. The first-order valence-electron chi connectivity index (χ1n) is 5.05. The fourth-order valence-electron chi connectivity index (χ4n) is 1.71. The maximum Gasteiger partial charge on any atom is 0.127 e. The van der Waals surface area contributed by atoms with E-state index in [9.17, 15) is 0 Å². The van der Waals surface area contributed by atoms with Crippen LogP contribution in [0, 0.1) is 0 Å². The van der Waals surface area contributed by atoms with Crippen molar-refractivity contribution in [2.75, 3.05) is 13.7 Å². The van der Waals surface area contributed by atoms with Crippen LogP contribution in [0.5, 0.6) is 11.5 Å². The van der Waals surface area contributed by atoms with Crippen LogP contribution in [0.1, 0.15) is 6.92 Å². The Kier molecular flexibility index (Phi) is 2.77. The summed E-state index contributed by atoms with van der Waals surface area (Å²) in [6.45, 7) is 2.66. The first kappa shape index (κ1) is 9.84. The monoisotopic (exact) mass is 202 g/mol. The fraction of sp³-hybridized carbons (Fsp3) is 0.231. The molecule has 0 aliphatic heterocycles. The van der Waals surface area contributed by atoms with E-state index < -0.39 is 0 Å². The predicted octanol–water partition coefficient (Wildman–Crippen LogP) is 3.25. The molecule has 2 aromatic carbocycles. The molecule has 0 unspecified atom stereocenters. The first-order chi connectivity index (χ1) is 7.36. The molecule has 2 aromatic rings. The lowest BCUT2D eigenvalue weighted by molar-refractivity contribution is 0.344. The molecule has 0 saturated carbocycles. The summed E-state index contributed by atoms with van der Waals surface area (Å²) < 4.78 is 10.9. The zero-order chi connectivity index (χ0) is 10.7. The second-order valence-corrected chi connectivity index (χ2v) is 3.24. The van der Waals surface area contributed by atoms with Gasteiger partial charge in [0.05, 0.1) is 13.7 Å². The highest BCUT2D eigenvalue weighted by Crippen LogP contribution is 2.31. The van der Waals surface area contributed by atoms with Gasteiger partial charge in [-0.3, -0.25) is 0 Å². The molecule has 0 fully saturated rings. The van der Waals surface area contributed by atoms with Gasteiger partial charge in [-0.15, -0.1) is 0 Å². The van der Waals surface area contributed by atoms with Crippen LogP contribution in [-0.4, -0.2) is 13.7 Å². The minimum absolute atomic E-state index is 0.677. The molecular weight excluding hydrogens is 188 g/mol. The Bertz CT molecular complexity index is 463. The van der Waals surface area contributed by atoms with Crippen LogP contribution in [0.25, 0.3) is 10.8 Å². The zero-order valence-electron chi connectivity index (χ0n) is 8.99. The van der Waals surface area contributed by atoms with Gasteiger partial charge in [0.2, 0.25) is 0 Å². The van der Waals surface area contributed by atoms with Gasteiger partial charge in [0.25, 0.3) is 0 Å². The van der Waals surface area contributed by atoms with Gasteiger partial charge in [-0.1, -0.05) is 24.3 Å². The van der Waals surface area contributed by atoms with Crippen molar-refractivity contribution in [1.29, 1.82) is 0 Å².